The number of allylic oxidation sites excluding steroid dienone is 1. The molecule has 1 atom stereocenters. The Morgan fingerprint density at radius 2 is 2.22 bits per heavy atom. The monoisotopic (exact) mass is 129 g/mol. The Kier molecular flexibility index (Phi) is 3.32. The van der Waals surface area contributed by atoms with Gasteiger partial charge >= 0.3 is 0 Å². The van der Waals surface area contributed by atoms with Gasteiger partial charge in [0.2, 0.25) is 0 Å². The lowest BCUT2D eigenvalue weighted by atomic mass is 10.3. The molecule has 2 nitrogen and oxygen atoms in total. The molecule has 54 valence electrons. The van der Waals surface area contributed by atoms with Crippen LogP contribution in [0.3, 0.4) is 0 Å². The Morgan fingerprint density at radius 3 is 2.33 bits per heavy atom. The van der Waals surface area contributed by atoms with Gasteiger partial charge in [-0.2, -0.15) is 0 Å². The molecule has 0 radical (unpaired) electrons. The number of aliphatic hydroxyl groups is 1. The molecule has 0 saturated carbocycles. The minimum Gasteiger partial charge on any atom is -0.374 e. The Hall–Kier alpha value is -0.500. The van der Waals surface area contributed by atoms with E-state index in [1.807, 2.05) is 20.9 Å². The van der Waals surface area contributed by atoms with Gasteiger partial charge in [-0.25, -0.2) is 0 Å². The zero-order valence-corrected chi connectivity index (χ0v) is 6.39. The van der Waals surface area contributed by atoms with Crippen molar-refractivity contribution >= 4 is 0 Å². The number of hydrogen-bond donors (Lipinski definition) is 1. The summed E-state index contributed by atoms with van der Waals surface area (Å²) in [6.07, 6.45) is 0.367. The summed E-state index contributed by atoms with van der Waals surface area (Å²) >= 11 is 0. The van der Waals surface area contributed by atoms with Crippen LogP contribution >= 0.6 is 0 Å². The van der Waals surface area contributed by atoms with Gasteiger partial charge in [-0.15, -0.1) is 0 Å². The second-order valence-electron chi connectivity index (χ2n) is 2.24. The molecule has 0 bridgehead atoms. The molecule has 0 spiro atoms. The highest BCUT2D eigenvalue weighted by Crippen LogP contribution is 2.03. The first kappa shape index (κ1) is 8.50. The molecule has 0 aromatic rings. The Balaban J connectivity index is 3.72. The highest BCUT2D eigenvalue weighted by atomic mass is 16.3. The van der Waals surface area contributed by atoms with Crippen LogP contribution in [0.1, 0.15) is 20.3 Å². The molecule has 0 fully saturated rings. The molecular weight excluding hydrogens is 114 g/mol. The maximum absolute atomic E-state index is 9.16. The normalized spacial score (nSPS) is 12.9. The summed E-state index contributed by atoms with van der Waals surface area (Å²) in [5.74, 6) is 0. The average Bonchev–Trinajstić information content (AvgIpc) is 1.84. The van der Waals surface area contributed by atoms with Gasteiger partial charge in [-0.3, -0.25) is 0 Å². The third-order valence-electron chi connectivity index (χ3n) is 1.41. The van der Waals surface area contributed by atoms with E-state index in [4.69, 9.17) is 5.11 Å². The molecule has 0 aliphatic heterocycles. The third kappa shape index (κ3) is 2.51. The molecule has 0 aromatic carbocycles. The van der Waals surface area contributed by atoms with Crippen molar-refractivity contribution in [3.05, 3.63) is 12.3 Å². The van der Waals surface area contributed by atoms with Crippen molar-refractivity contribution in [2.24, 2.45) is 0 Å². The maximum atomic E-state index is 9.16. The van der Waals surface area contributed by atoms with Gasteiger partial charge in [0.15, 0.2) is 0 Å². The van der Waals surface area contributed by atoms with Crippen LogP contribution in [-0.4, -0.2) is 23.3 Å². The van der Waals surface area contributed by atoms with Crippen molar-refractivity contribution in [3.8, 4) is 0 Å². The minimum absolute atomic E-state index is 0.373. The molecular formula is C7H15NO. The van der Waals surface area contributed by atoms with Gasteiger partial charge < -0.3 is 10.0 Å². The van der Waals surface area contributed by atoms with E-state index < -0.39 is 0 Å². The minimum atomic E-state index is -0.373. The number of rotatable bonds is 3. The van der Waals surface area contributed by atoms with Crippen molar-refractivity contribution in [1.29, 1.82) is 0 Å². The second kappa shape index (κ2) is 3.51. The zero-order chi connectivity index (χ0) is 7.44. The van der Waals surface area contributed by atoms with E-state index >= 15 is 0 Å². The lowest BCUT2D eigenvalue weighted by Crippen LogP contribution is -2.28. The van der Waals surface area contributed by atoms with E-state index in [0.717, 1.165) is 12.1 Å². The first-order valence-electron chi connectivity index (χ1n) is 3.16. The topological polar surface area (TPSA) is 23.5 Å². The lowest BCUT2D eigenvalue weighted by molar-refractivity contribution is 0.0435. The predicted molar refractivity (Wildman–Crippen MR) is 38.9 cm³/mol. The largest absolute Gasteiger partial charge is 0.374 e. The van der Waals surface area contributed by atoms with Gasteiger partial charge in [0.1, 0.15) is 6.23 Å². The highest BCUT2D eigenvalue weighted by Gasteiger charge is 2.05. The van der Waals surface area contributed by atoms with Gasteiger partial charge in [-0.05, 0) is 13.3 Å². The fraction of sp³-hybridized carbons (Fsp3) is 0.714. The van der Waals surface area contributed by atoms with Crippen LogP contribution in [-0.2, 0) is 0 Å². The van der Waals surface area contributed by atoms with E-state index in [0.29, 0.717) is 0 Å². The van der Waals surface area contributed by atoms with E-state index in [1.165, 1.54) is 0 Å². The molecule has 0 rings (SSSR count). The van der Waals surface area contributed by atoms with E-state index in [1.54, 1.807) is 4.90 Å². The molecule has 0 heterocycles. The molecule has 0 aliphatic rings. The molecule has 0 saturated heterocycles. The first-order valence-corrected chi connectivity index (χ1v) is 3.16. The third-order valence-corrected chi connectivity index (χ3v) is 1.41. The SMILES string of the molecule is C=C(C)N(C)C(O)CC. The van der Waals surface area contributed by atoms with Crippen LogP contribution in [0.2, 0.25) is 0 Å². The Morgan fingerprint density at radius 1 is 1.78 bits per heavy atom. The maximum Gasteiger partial charge on any atom is 0.126 e. The lowest BCUT2D eigenvalue weighted by Gasteiger charge is -2.23. The van der Waals surface area contributed by atoms with Crippen molar-refractivity contribution in [1.82, 2.24) is 4.90 Å². The molecule has 0 aliphatic carbocycles. The van der Waals surface area contributed by atoms with Crippen molar-refractivity contribution in [2.75, 3.05) is 7.05 Å². The fourth-order valence-corrected chi connectivity index (χ4v) is 0.528. The zero-order valence-electron chi connectivity index (χ0n) is 6.39. The summed E-state index contributed by atoms with van der Waals surface area (Å²) in [5, 5.41) is 9.16. The quantitative estimate of drug-likeness (QED) is 0.578. The average molecular weight is 129 g/mol. The van der Waals surface area contributed by atoms with Gasteiger partial charge in [0, 0.05) is 12.7 Å². The summed E-state index contributed by atoms with van der Waals surface area (Å²) in [5.41, 5.74) is 0.893. The summed E-state index contributed by atoms with van der Waals surface area (Å²) in [4.78, 5) is 1.75. The number of nitrogens with zero attached hydrogens (tertiary/aromatic N) is 1. The first-order chi connectivity index (χ1) is 4.09. The van der Waals surface area contributed by atoms with Crippen molar-refractivity contribution < 1.29 is 5.11 Å². The van der Waals surface area contributed by atoms with Crippen molar-refractivity contribution in [2.45, 2.75) is 26.5 Å². The predicted octanol–water partition coefficient (Wildman–Crippen LogP) is 1.18. The van der Waals surface area contributed by atoms with Gasteiger partial charge in [0.25, 0.3) is 0 Å². The molecule has 2 heteroatoms. The molecule has 0 aromatic heterocycles. The summed E-state index contributed by atoms with van der Waals surface area (Å²) in [6, 6.07) is 0. The molecule has 1 N–H and O–H groups in total. The van der Waals surface area contributed by atoms with Crippen LogP contribution in [0.5, 0.6) is 0 Å². The summed E-state index contributed by atoms with van der Waals surface area (Å²) in [6.45, 7) is 7.50. The van der Waals surface area contributed by atoms with Gasteiger partial charge in [-0.1, -0.05) is 13.5 Å². The number of hydrogen-bond acceptors (Lipinski definition) is 2. The Labute approximate surface area is 56.8 Å². The van der Waals surface area contributed by atoms with Gasteiger partial charge in [0.05, 0.1) is 0 Å². The highest BCUT2D eigenvalue weighted by molar-refractivity contribution is 4.86. The Bertz CT molecular complexity index is 101. The van der Waals surface area contributed by atoms with Crippen LogP contribution in [0.4, 0.5) is 0 Å². The number of aliphatic hydroxyl groups excluding tert-OH is 1. The smallest absolute Gasteiger partial charge is 0.126 e. The van der Waals surface area contributed by atoms with Crippen LogP contribution < -0.4 is 0 Å². The standard InChI is InChI=1S/C7H15NO/c1-5-7(9)8(4)6(2)3/h7,9H,2,5H2,1,3-4H3. The summed E-state index contributed by atoms with van der Waals surface area (Å²) in [7, 11) is 1.83. The van der Waals surface area contributed by atoms with E-state index in [9.17, 15) is 0 Å². The van der Waals surface area contributed by atoms with Crippen LogP contribution in [0.15, 0.2) is 12.3 Å². The van der Waals surface area contributed by atoms with Crippen molar-refractivity contribution in [3.63, 3.8) is 0 Å². The van der Waals surface area contributed by atoms with E-state index in [-0.39, 0.29) is 6.23 Å². The fourth-order valence-electron chi connectivity index (χ4n) is 0.528. The molecule has 0 amide bonds. The second-order valence-corrected chi connectivity index (χ2v) is 2.24. The molecule has 1 unspecified atom stereocenters. The molecule has 9 heavy (non-hydrogen) atoms. The van der Waals surface area contributed by atoms with Crippen LogP contribution in [0.25, 0.3) is 0 Å². The van der Waals surface area contributed by atoms with Crippen LogP contribution in [0, 0.1) is 0 Å². The van der Waals surface area contributed by atoms with E-state index in [2.05, 4.69) is 6.58 Å². The summed E-state index contributed by atoms with van der Waals surface area (Å²) < 4.78 is 0.